The van der Waals surface area contributed by atoms with Crippen LogP contribution in [0.3, 0.4) is 0 Å². The summed E-state index contributed by atoms with van der Waals surface area (Å²) in [6, 6.07) is 11.1. The molecule has 36 heavy (non-hydrogen) atoms. The van der Waals surface area contributed by atoms with E-state index in [1.807, 2.05) is 0 Å². The first-order chi connectivity index (χ1) is 16.9. The molecule has 1 saturated heterocycles. The van der Waals surface area contributed by atoms with Crippen molar-refractivity contribution in [2.75, 3.05) is 26.2 Å². The number of hydrogen-bond acceptors (Lipinski definition) is 6. The highest BCUT2D eigenvalue weighted by Crippen LogP contribution is 2.31. The first-order valence-corrected chi connectivity index (χ1v) is 11.3. The molecule has 3 aromatic rings. The van der Waals surface area contributed by atoms with E-state index in [1.165, 1.54) is 12.1 Å². The molecule has 0 spiro atoms. The van der Waals surface area contributed by atoms with E-state index in [9.17, 15) is 22.8 Å². The van der Waals surface area contributed by atoms with E-state index in [4.69, 9.17) is 9.26 Å². The van der Waals surface area contributed by atoms with Gasteiger partial charge in [0.2, 0.25) is 5.82 Å². The van der Waals surface area contributed by atoms with Gasteiger partial charge in [-0.15, -0.1) is 0 Å². The molecule has 1 fully saturated rings. The van der Waals surface area contributed by atoms with Crippen LogP contribution >= 0.6 is 0 Å². The summed E-state index contributed by atoms with van der Waals surface area (Å²) in [5, 5.41) is 3.84. The molecule has 0 saturated carbocycles. The van der Waals surface area contributed by atoms with Crippen LogP contribution in [0.4, 0.5) is 18.0 Å². The van der Waals surface area contributed by atoms with Crippen molar-refractivity contribution < 1.29 is 32.0 Å². The van der Waals surface area contributed by atoms with Crippen LogP contribution in [0, 0.1) is 0 Å². The topological polar surface area (TPSA) is 88.8 Å². The minimum atomic E-state index is -4.42. The Kier molecular flexibility index (Phi) is 6.75. The van der Waals surface area contributed by atoms with Gasteiger partial charge in [0.1, 0.15) is 5.60 Å². The van der Waals surface area contributed by atoms with E-state index in [0.29, 0.717) is 42.9 Å². The second-order valence-electron chi connectivity index (χ2n) is 9.34. The highest BCUT2D eigenvalue weighted by molar-refractivity contribution is 5.94. The first-order valence-electron chi connectivity index (χ1n) is 11.3. The molecule has 1 aromatic heterocycles. The van der Waals surface area contributed by atoms with Gasteiger partial charge in [0, 0.05) is 42.9 Å². The number of alkyl halides is 3. The number of piperazine rings is 1. The van der Waals surface area contributed by atoms with Crippen molar-refractivity contribution in [3.8, 4) is 22.8 Å². The molecule has 2 aromatic carbocycles. The zero-order valence-electron chi connectivity index (χ0n) is 20.0. The number of amides is 2. The van der Waals surface area contributed by atoms with Gasteiger partial charge in [0.05, 0.1) is 5.56 Å². The van der Waals surface area contributed by atoms with Crippen LogP contribution in [-0.4, -0.2) is 63.7 Å². The lowest BCUT2D eigenvalue weighted by Gasteiger charge is -2.35. The van der Waals surface area contributed by atoms with Gasteiger partial charge in [-0.3, -0.25) is 4.79 Å². The smallest absolute Gasteiger partial charge is 0.416 e. The molecule has 190 valence electrons. The van der Waals surface area contributed by atoms with Crippen molar-refractivity contribution >= 4 is 12.0 Å². The summed E-state index contributed by atoms with van der Waals surface area (Å²) in [5.41, 5.74) is 0.0681. The normalized spacial score (nSPS) is 14.6. The van der Waals surface area contributed by atoms with Crippen LogP contribution in [0.1, 0.15) is 36.7 Å². The molecule has 0 N–H and O–H groups in total. The van der Waals surface area contributed by atoms with Crippen LogP contribution in [0.25, 0.3) is 22.8 Å². The number of carbonyl (C=O) groups is 2. The summed E-state index contributed by atoms with van der Waals surface area (Å²) < 4.78 is 48.9. The maximum absolute atomic E-state index is 12.9. The largest absolute Gasteiger partial charge is 0.444 e. The maximum Gasteiger partial charge on any atom is 0.416 e. The number of rotatable bonds is 3. The van der Waals surface area contributed by atoms with Gasteiger partial charge in [-0.25, -0.2) is 4.79 Å². The molecule has 1 aliphatic rings. The van der Waals surface area contributed by atoms with Crippen LogP contribution in [0.5, 0.6) is 0 Å². The van der Waals surface area contributed by atoms with Crippen molar-refractivity contribution in [1.82, 2.24) is 19.9 Å². The zero-order valence-corrected chi connectivity index (χ0v) is 20.0. The predicted octanol–water partition coefficient (Wildman–Crippen LogP) is 5.12. The van der Waals surface area contributed by atoms with Gasteiger partial charge in [-0.05, 0) is 57.2 Å². The first kappa shape index (κ1) is 25.2. The second kappa shape index (κ2) is 9.63. The van der Waals surface area contributed by atoms with Crippen LogP contribution in [0.15, 0.2) is 53.1 Å². The summed E-state index contributed by atoms with van der Waals surface area (Å²) in [6.07, 6.45) is -4.82. The van der Waals surface area contributed by atoms with Crippen molar-refractivity contribution in [2.24, 2.45) is 0 Å². The monoisotopic (exact) mass is 502 g/mol. The number of nitrogens with zero attached hydrogens (tertiary/aromatic N) is 4. The van der Waals surface area contributed by atoms with Gasteiger partial charge < -0.3 is 19.1 Å². The quantitative estimate of drug-likeness (QED) is 0.494. The number of aromatic nitrogens is 2. The highest BCUT2D eigenvalue weighted by atomic mass is 19.4. The van der Waals surface area contributed by atoms with Crippen LogP contribution in [0.2, 0.25) is 0 Å². The van der Waals surface area contributed by atoms with E-state index in [1.54, 1.807) is 54.8 Å². The minimum absolute atomic E-state index is 0.154. The number of carbonyl (C=O) groups excluding carboxylic acids is 2. The average molecular weight is 502 g/mol. The molecule has 8 nitrogen and oxygen atoms in total. The SMILES string of the molecule is CC(C)(C)OC(=O)N1CCN(C(=O)c2ccc(-c3nc(-c4ccc(C(F)(F)F)cc4)no3)cc2)CC1. The lowest BCUT2D eigenvalue weighted by atomic mass is 10.1. The fourth-order valence-corrected chi connectivity index (χ4v) is 3.62. The Morgan fingerprint density at radius 3 is 1.97 bits per heavy atom. The van der Waals surface area contributed by atoms with Crippen molar-refractivity contribution in [3.63, 3.8) is 0 Å². The summed E-state index contributed by atoms with van der Waals surface area (Å²) in [5.74, 6) is 0.165. The molecule has 0 radical (unpaired) electrons. The molecule has 0 bridgehead atoms. The van der Waals surface area contributed by atoms with Gasteiger partial charge in [0.25, 0.3) is 11.8 Å². The Morgan fingerprint density at radius 1 is 0.861 bits per heavy atom. The molecule has 2 amide bonds. The molecule has 4 rings (SSSR count). The molecule has 0 unspecified atom stereocenters. The predicted molar refractivity (Wildman–Crippen MR) is 124 cm³/mol. The van der Waals surface area contributed by atoms with Crippen LogP contribution in [-0.2, 0) is 10.9 Å². The zero-order chi connectivity index (χ0) is 26.1. The third-order valence-corrected chi connectivity index (χ3v) is 5.49. The Balaban J connectivity index is 1.38. The molecule has 11 heteroatoms. The number of hydrogen-bond donors (Lipinski definition) is 0. The lowest BCUT2D eigenvalue weighted by Crippen LogP contribution is -2.51. The lowest BCUT2D eigenvalue weighted by molar-refractivity contribution is -0.137. The molecule has 1 aliphatic heterocycles. The van der Waals surface area contributed by atoms with Gasteiger partial charge in [-0.2, -0.15) is 18.2 Å². The maximum atomic E-state index is 12.9. The van der Waals surface area contributed by atoms with E-state index < -0.39 is 23.4 Å². The molecule has 2 heterocycles. The van der Waals surface area contributed by atoms with Gasteiger partial charge in [0.15, 0.2) is 0 Å². The third kappa shape index (κ3) is 5.84. The van der Waals surface area contributed by atoms with Gasteiger partial charge in [-0.1, -0.05) is 17.3 Å². The summed E-state index contributed by atoms with van der Waals surface area (Å²) in [7, 11) is 0. The number of ether oxygens (including phenoxy) is 1. The molecule has 0 atom stereocenters. The van der Waals surface area contributed by atoms with Gasteiger partial charge >= 0.3 is 12.3 Å². The van der Waals surface area contributed by atoms with E-state index in [-0.39, 0.29) is 17.6 Å². The Morgan fingerprint density at radius 2 is 1.42 bits per heavy atom. The summed E-state index contributed by atoms with van der Waals surface area (Å²) in [6.45, 7) is 6.95. The molecule has 0 aliphatic carbocycles. The standard InChI is InChI=1S/C25H25F3N4O4/c1-24(2,3)35-23(34)32-14-12-31(13-15-32)22(33)18-6-4-17(5-7-18)21-29-20(30-36-21)16-8-10-19(11-9-16)25(26,27)28/h4-11H,12-15H2,1-3H3. The fraction of sp³-hybridized carbons (Fsp3) is 0.360. The molecular formula is C25H25F3N4O4. The number of benzene rings is 2. The Bertz CT molecular complexity index is 1220. The number of halogens is 3. The Labute approximate surface area is 205 Å². The Hall–Kier alpha value is -3.89. The summed E-state index contributed by atoms with van der Waals surface area (Å²) >= 11 is 0. The van der Waals surface area contributed by atoms with Crippen molar-refractivity contribution in [2.45, 2.75) is 32.5 Å². The average Bonchev–Trinajstić information content (AvgIpc) is 3.33. The van der Waals surface area contributed by atoms with Crippen molar-refractivity contribution in [1.29, 1.82) is 0 Å². The van der Waals surface area contributed by atoms with Crippen LogP contribution < -0.4 is 0 Å². The third-order valence-electron chi connectivity index (χ3n) is 5.49. The fourth-order valence-electron chi connectivity index (χ4n) is 3.62. The minimum Gasteiger partial charge on any atom is -0.444 e. The summed E-state index contributed by atoms with van der Waals surface area (Å²) in [4.78, 5) is 32.6. The second-order valence-corrected chi connectivity index (χ2v) is 9.34. The van der Waals surface area contributed by atoms with Crippen molar-refractivity contribution in [3.05, 3.63) is 59.7 Å². The van der Waals surface area contributed by atoms with E-state index in [2.05, 4.69) is 10.1 Å². The highest BCUT2D eigenvalue weighted by Gasteiger charge is 2.30. The molecular weight excluding hydrogens is 477 g/mol. The van der Waals surface area contributed by atoms with E-state index >= 15 is 0 Å². The van der Waals surface area contributed by atoms with E-state index in [0.717, 1.165) is 12.1 Å².